The van der Waals surface area contributed by atoms with Crippen LogP contribution < -0.4 is 54.4 Å². The van der Waals surface area contributed by atoms with Crippen molar-refractivity contribution in [3.8, 4) is 5.75 Å². The number of fused-ring (bicyclic) bond motifs is 2. The number of aromatic amines is 1. The molecule has 1 aromatic heterocycles. The molecule has 0 unspecified atom stereocenters. The molecule has 79 heavy (non-hydrogen) atoms. The lowest BCUT2D eigenvalue weighted by molar-refractivity contribution is -0.136. The van der Waals surface area contributed by atoms with Gasteiger partial charge in [0.25, 0.3) is 0 Å². The highest BCUT2D eigenvalue weighted by molar-refractivity contribution is 5.98. The molecule has 0 fully saturated rings. The number of benzene rings is 5. The lowest BCUT2D eigenvalue weighted by Crippen LogP contribution is -2.61. The van der Waals surface area contributed by atoms with Gasteiger partial charge in [0.05, 0.1) is 6.04 Å². The molecule has 0 spiro atoms. The van der Waals surface area contributed by atoms with Crippen LogP contribution in [0.5, 0.6) is 5.75 Å². The number of hydrogen-bond acceptors (Lipinski definition) is 11. The van der Waals surface area contributed by atoms with Gasteiger partial charge in [-0.3, -0.25) is 38.4 Å². The summed E-state index contributed by atoms with van der Waals surface area (Å²) in [6.07, 6.45) is 2.79. The smallest absolute Gasteiger partial charge is 0.243 e. The fourth-order valence-electron chi connectivity index (χ4n) is 9.03. The Labute approximate surface area is 459 Å². The molecule has 1 heterocycles. The topological polar surface area (TPSA) is 335 Å². The van der Waals surface area contributed by atoms with Gasteiger partial charge in [0.1, 0.15) is 48.0 Å². The van der Waals surface area contributed by atoms with E-state index in [9.17, 15) is 43.5 Å². The van der Waals surface area contributed by atoms with Crippen LogP contribution >= 0.6 is 0 Å². The van der Waals surface area contributed by atoms with Gasteiger partial charge in [0.15, 0.2) is 0 Å². The fourth-order valence-corrected chi connectivity index (χ4v) is 9.03. The quantitative estimate of drug-likeness (QED) is 0.0317. The summed E-state index contributed by atoms with van der Waals surface area (Å²) in [6, 6.07) is 26.3. The Hall–Kier alpha value is -8.62. The largest absolute Gasteiger partial charge is 0.508 e. The molecule has 6 rings (SSSR count). The molecular formula is C59H73N11O9. The number of aromatic hydroxyl groups is 1. The van der Waals surface area contributed by atoms with Gasteiger partial charge in [-0.05, 0) is 103 Å². The van der Waals surface area contributed by atoms with Crippen molar-refractivity contribution in [3.05, 3.63) is 150 Å². The first-order valence-corrected chi connectivity index (χ1v) is 26.5. The average molecular weight is 1080 g/mol. The van der Waals surface area contributed by atoms with Gasteiger partial charge in [-0.15, -0.1) is 0 Å². The van der Waals surface area contributed by atoms with Crippen LogP contribution in [0.3, 0.4) is 0 Å². The normalized spacial score (nSPS) is 14.3. The summed E-state index contributed by atoms with van der Waals surface area (Å²) in [7, 11) is 0. The number of hydrogen-bond donors (Lipinski definition) is 12. The van der Waals surface area contributed by atoms with E-state index in [0.29, 0.717) is 24.0 Å². The van der Waals surface area contributed by atoms with E-state index < -0.39 is 102 Å². The molecule has 20 nitrogen and oxygen atoms in total. The maximum Gasteiger partial charge on any atom is 0.243 e. The van der Waals surface area contributed by atoms with E-state index in [4.69, 9.17) is 17.2 Å². The number of nitrogens with one attached hydrogen (secondary N) is 8. The van der Waals surface area contributed by atoms with Gasteiger partial charge >= 0.3 is 0 Å². The van der Waals surface area contributed by atoms with Crippen molar-refractivity contribution in [1.82, 2.24) is 42.2 Å². The van der Waals surface area contributed by atoms with E-state index in [1.165, 1.54) is 26.0 Å². The first-order chi connectivity index (χ1) is 37.8. The van der Waals surface area contributed by atoms with Crippen molar-refractivity contribution in [3.63, 3.8) is 0 Å². The van der Waals surface area contributed by atoms with E-state index >= 15 is 0 Å². The highest BCUT2D eigenvalue weighted by Gasteiger charge is 2.35. The van der Waals surface area contributed by atoms with Crippen LogP contribution in [0.2, 0.25) is 0 Å². The predicted octanol–water partition coefficient (Wildman–Crippen LogP) is 2.33. The number of phenols is 1. The van der Waals surface area contributed by atoms with Gasteiger partial charge in [-0.25, -0.2) is 0 Å². The molecule has 0 aliphatic rings. The lowest BCUT2D eigenvalue weighted by Gasteiger charge is -2.28. The van der Waals surface area contributed by atoms with Gasteiger partial charge in [-0.1, -0.05) is 117 Å². The Balaban J connectivity index is 1.18. The monoisotopic (exact) mass is 1080 g/mol. The van der Waals surface area contributed by atoms with E-state index in [-0.39, 0.29) is 44.4 Å². The Kier molecular flexibility index (Phi) is 21.6. The number of carbonyl (C=O) groups excluding carboxylic acids is 8. The van der Waals surface area contributed by atoms with Crippen molar-refractivity contribution in [1.29, 1.82) is 0 Å². The molecule has 20 heteroatoms. The summed E-state index contributed by atoms with van der Waals surface area (Å²) in [6.45, 7) is 6.55. The lowest BCUT2D eigenvalue weighted by atomic mass is 9.99. The van der Waals surface area contributed by atoms with Crippen LogP contribution in [0.25, 0.3) is 21.7 Å². The van der Waals surface area contributed by atoms with Crippen molar-refractivity contribution in [2.24, 2.45) is 23.1 Å². The SMILES string of the molecule is CC(C)[C@H](NC(=O)[C@H](CCCCN)NC(=O)[C@H](Cc1c[nH]c2ccccc12)NC(=O)[C@H](Cc1ccc(O)cc1)NC(=O)[C@H](C)NC(=O)[C@@H](N)Cc1ccccc1)C(=O)N[C@@H](C)C(=O)N[C@@H](Cc1ccc2ccccc2c1)C(N)=O. The standard InChI is InChI=1S/C59H73N11O9/c1-34(2)51(59(79)65-36(4)53(73)67-48(52(62)72)31-39-21-24-40-16-8-9-17-41(40)28-39)70-56(76)47(20-12-13-27-60)66-58(78)50(32-42-33-63-46-19-11-10-18-44(42)46)69-57(77)49(30-38-22-25-43(71)26-23-38)68-54(74)35(3)64-55(75)45(61)29-37-14-6-5-7-15-37/h5-11,14-19,21-26,28,33-36,45,47-51,63,71H,12-13,20,27,29-32,60-61H2,1-4H3,(H2,62,72)(H,64,75)(H,65,79)(H,66,78)(H,67,73)(H,68,74)(H,69,77)(H,70,76)/t35-,36-,45-,47-,48-,49-,50-,51-/m0/s1. The van der Waals surface area contributed by atoms with E-state index in [1.807, 2.05) is 97.1 Å². The molecule has 418 valence electrons. The van der Waals surface area contributed by atoms with E-state index in [0.717, 1.165) is 32.8 Å². The third-order valence-electron chi connectivity index (χ3n) is 13.6. The van der Waals surface area contributed by atoms with Crippen molar-refractivity contribution in [2.45, 2.75) is 121 Å². The Bertz CT molecular complexity index is 3080. The van der Waals surface area contributed by atoms with Crippen molar-refractivity contribution >= 4 is 68.9 Å². The number of para-hydroxylation sites is 1. The molecule has 8 atom stereocenters. The molecule has 15 N–H and O–H groups in total. The average Bonchev–Trinajstić information content (AvgIpc) is 3.88. The maximum atomic E-state index is 14.8. The summed E-state index contributed by atoms with van der Waals surface area (Å²) in [4.78, 5) is 114. The molecule has 0 saturated carbocycles. The Morgan fingerprint density at radius 1 is 0.506 bits per heavy atom. The zero-order valence-electron chi connectivity index (χ0n) is 44.9. The van der Waals surface area contributed by atoms with E-state index in [1.54, 1.807) is 32.2 Å². The zero-order chi connectivity index (χ0) is 57.2. The van der Waals surface area contributed by atoms with Crippen LogP contribution in [0.1, 0.15) is 69.2 Å². The molecule has 8 amide bonds. The molecule has 0 bridgehead atoms. The van der Waals surface area contributed by atoms with Gasteiger partial charge in [-0.2, -0.15) is 0 Å². The minimum atomic E-state index is -1.36. The molecular weight excluding hydrogens is 1010 g/mol. The summed E-state index contributed by atoms with van der Waals surface area (Å²) >= 11 is 0. The fraction of sp³-hybridized carbons (Fsp3) is 0.356. The molecule has 5 aromatic carbocycles. The second-order valence-electron chi connectivity index (χ2n) is 20.2. The summed E-state index contributed by atoms with van der Waals surface area (Å²) in [5.74, 6) is -6.31. The molecule has 0 aliphatic carbocycles. The molecule has 0 aliphatic heterocycles. The van der Waals surface area contributed by atoms with Crippen molar-refractivity contribution in [2.75, 3.05) is 6.54 Å². The van der Waals surface area contributed by atoms with Crippen LogP contribution in [-0.2, 0) is 64.0 Å². The first-order valence-electron chi connectivity index (χ1n) is 26.5. The van der Waals surface area contributed by atoms with Crippen LogP contribution in [-0.4, -0.2) is 112 Å². The Morgan fingerprint density at radius 2 is 1.04 bits per heavy atom. The van der Waals surface area contributed by atoms with Crippen LogP contribution in [0, 0.1) is 5.92 Å². The highest BCUT2D eigenvalue weighted by atomic mass is 16.3. The second kappa shape index (κ2) is 28.7. The van der Waals surface area contributed by atoms with Crippen LogP contribution in [0.15, 0.2) is 128 Å². The zero-order valence-corrected chi connectivity index (χ0v) is 44.9. The summed E-state index contributed by atoms with van der Waals surface area (Å²) in [5, 5.41) is 31.8. The summed E-state index contributed by atoms with van der Waals surface area (Å²) in [5.41, 5.74) is 21.3. The number of aromatic nitrogens is 1. The predicted molar refractivity (Wildman–Crippen MR) is 301 cm³/mol. The number of rotatable bonds is 28. The number of carbonyl (C=O) groups is 8. The third kappa shape index (κ3) is 17.4. The van der Waals surface area contributed by atoms with Crippen molar-refractivity contribution < 1.29 is 43.5 Å². The van der Waals surface area contributed by atoms with Crippen LogP contribution in [0.4, 0.5) is 0 Å². The number of primary amides is 1. The summed E-state index contributed by atoms with van der Waals surface area (Å²) < 4.78 is 0. The first kappa shape index (κ1) is 59.6. The molecule has 0 saturated heterocycles. The van der Waals surface area contributed by atoms with E-state index in [2.05, 4.69) is 42.2 Å². The molecule has 0 radical (unpaired) electrons. The van der Waals surface area contributed by atoms with Gasteiger partial charge in [0.2, 0.25) is 47.3 Å². The minimum Gasteiger partial charge on any atom is -0.508 e. The Morgan fingerprint density at radius 3 is 1.70 bits per heavy atom. The highest BCUT2D eigenvalue weighted by Crippen LogP contribution is 2.21. The number of unbranched alkanes of at least 4 members (excludes halogenated alkanes) is 1. The van der Waals surface area contributed by atoms with Gasteiger partial charge < -0.3 is 64.5 Å². The second-order valence-corrected chi connectivity index (χ2v) is 20.2. The number of nitrogens with two attached hydrogens (primary N) is 3. The molecule has 6 aromatic rings. The number of amides is 8. The maximum absolute atomic E-state index is 14.8. The minimum absolute atomic E-state index is 0.0289. The van der Waals surface area contributed by atoms with Gasteiger partial charge in [0, 0.05) is 36.4 Å². The number of phenolic OH excluding ortho intramolecular Hbond substituents is 1. The third-order valence-corrected chi connectivity index (χ3v) is 13.6. The number of H-pyrrole nitrogens is 1.